The van der Waals surface area contributed by atoms with Gasteiger partial charge in [0, 0.05) is 68.6 Å². The third-order valence-electron chi connectivity index (χ3n) is 10.5. The van der Waals surface area contributed by atoms with Gasteiger partial charge in [0.25, 0.3) is 0 Å². The van der Waals surface area contributed by atoms with Crippen molar-refractivity contribution in [3.05, 3.63) is 151 Å². The Hall–Kier alpha value is -5.15. The number of nitrogens with zero attached hydrogens (tertiary/aromatic N) is 8. The molecule has 0 saturated carbocycles. The number of fused-ring (bicyclic) bond motifs is 2. The number of benzene rings is 4. The zero-order valence-electron chi connectivity index (χ0n) is 35.0. The van der Waals surface area contributed by atoms with Gasteiger partial charge in [-0.1, -0.05) is 113 Å². The molecule has 2 aliphatic heterocycles. The monoisotopic (exact) mass is 983 g/mol. The number of anilines is 8. The zero-order valence-corrected chi connectivity index (χ0v) is 37.4. The minimum Gasteiger partial charge on any atom is -0.477 e. The molecular formula is C50H62IrN8O-2. The van der Waals surface area contributed by atoms with E-state index in [9.17, 15) is 0 Å². The molecule has 9 nitrogen and oxygen atoms in total. The smallest absolute Gasteiger partial charge is 0.221 e. The standard InChI is InChI=1S/C25H30N4O.C23H24N4.2CH4.Ir/c1-6-30-25-28(21-11-7-19(8-12-21)17(2)3)23-24(27-16-15-26-23)29(25)22-13-9-20(10-14-22)18(4)5;1-16(2)18-5-9-20(10-6-18)26-15-27(23-22(26)24-13-14-25-23)21-11-7-19(8-12-21)17(3)4;;;/h7-18,25H,6H2,1-5H3;5-11,13-17H,1-4H3;2*1H4;/q;-2;;;. The van der Waals surface area contributed by atoms with E-state index >= 15 is 0 Å². The van der Waals surface area contributed by atoms with Crippen molar-refractivity contribution >= 4 is 46.0 Å². The summed E-state index contributed by atoms with van der Waals surface area (Å²) in [6, 6.07) is 35.6. The van der Waals surface area contributed by atoms with E-state index in [2.05, 4.69) is 187 Å². The van der Waals surface area contributed by atoms with Gasteiger partial charge in [-0.2, -0.15) is 23.8 Å². The maximum atomic E-state index is 6.25. The van der Waals surface area contributed by atoms with Crippen LogP contribution in [0, 0.1) is 12.7 Å². The summed E-state index contributed by atoms with van der Waals surface area (Å²) in [7, 11) is 0. The van der Waals surface area contributed by atoms with E-state index in [-0.39, 0.29) is 41.3 Å². The van der Waals surface area contributed by atoms with Gasteiger partial charge < -0.3 is 14.5 Å². The molecule has 60 heavy (non-hydrogen) atoms. The molecule has 0 unspecified atom stereocenters. The molecule has 0 amide bonds. The van der Waals surface area contributed by atoms with Crippen molar-refractivity contribution in [1.82, 2.24) is 19.9 Å². The summed E-state index contributed by atoms with van der Waals surface area (Å²) in [6.07, 6.45) is 6.60. The fourth-order valence-corrected chi connectivity index (χ4v) is 7.04. The summed E-state index contributed by atoms with van der Waals surface area (Å²) in [5.74, 6) is 5.24. The summed E-state index contributed by atoms with van der Waals surface area (Å²) in [6.45, 7) is 22.2. The van der Waals surface area contributed by atoms with E-state index in [1.807, 2.05) is 18.5 Å². The van der Waals surface area contributed by atoms with E-state index in [1.165, 1.54) is 22.3 Å². The molecule has 4 aromatic carbocycles. The van der Waals surface area contributed by atoms with Crippen molar-refractivity contribution < 1.29 is 24.8 Å². The predicted molar refractivity (Wildman–Crippen MR) is 247 cm³/mol. The maximum absolute atomic E-state index is 6.25. The quantitative estimate of drug-likeness (QED) is 0.125. The molecule has 1 radical (unpaired) electrons. The Morgan fingerprint density at radius 1 is 0.517 bits per heavy atom. The fraction of sp³-hybridized carbons (Fsp3) is 0.340. The maximum Gasteiger partial charge on any atom is 0.221 e. The first kappa shape index (κ1) is 47.5. The normalized spacial score (nSPS) is 13.2. The van der Waals surface area contributed by atoms with E-state index in [0.717, 1.165) is 46.0 Å². The summed E-state index contributed by atoms with van der Waals surface area (Å²) in [4.78, 5) is 26.9. The van der Waals surface area contributed by atoms with E-state index in [0.29, 0.717) is 30.3 Å². The Labute approximate surface area is 373 Å². The zero-order chi connectivity index (χ0) is 40.2. The molecule has 0 bridgehead atoms. The molecular weight excluding hydrogens is 921 g/mol. The molecule has 319 valence electrons. The number of ether oxygens (including phenoxy) is 1. The van der Waals surface area contributed by atoms with Gasteiger partial charge in [-0.15, -0.1) is 18.4 Å². The Balaban J connectivity index is 0.000000253. The largest absolute Gasteiger partial charge is 0.477 e. The fourth-order valence-electron chi connectivity index (χ4n) is 7.04. The molecule has 0 aliphatic carbocycles. The van der Waals surface area contributed by atoms with Crippen LogP contribution in [-0.4, -0.2) is 32.9 Å². The van der Waals surface area contributed by atoms with E-state index < -0.39 is 0 Å². The first-order valence-electron chi connectivity index (χ1n) is 20.1. The molecule has 0 fully saturated rings. The third-order valence-corrected chi connectivity index (χ3v) is 10.5. The first-order valence-corrected chi connectivity index (χ1v) is 20.1. The summed E-state index contributed by atoms with van der Waals surface area (Å²) in [5.41, 5.74) is 9.34. The number of aromatic nitrogens is 4. The van der Waals surface area contributed by atoms with Crippen molar-refractivity contribution in [3.63, 3.8) is 0 Å². The van der Waals surface area contributed by atoms with Crippen molar-refractivity contribution in [2.24, 2.45) is 0 Å². The van der Waals surface area contributed by atoms with Gasteiger partial charge in [0.1, 0.15) is 11.6 Å². The molecule has 10 heteroatoms. The van der Waals surface area contributed by atoms with E-state index in [4.69, 9.17) is 4.74 Å². The van der Waals surface area contributed by atoms with Gasteiger partial charge in [-0.05, 0) is 77.8 Å². The van der Waals surface area contributed by atoms with Crippen LogP contribution in [0.4, 0.5) is 46.0 Å². The molecule has 0 saturated heterocycles. The van der Waals surface area contributed by atoms with Gasteiger partial charge in [-0.25, -0.2) is 19.9 Å². The van der Waals surface area contributed by atoms with Crippen LogP contribution in [0.5, 0.6) is 0 Å². The SMILES string of the molecule is C.C.CC(C)c1c[c-]c(N2[CH-]N(c3ccc(C(C)C)cc3)c3nccnc32)cc1.CCOC1N(c2ccc(C(C)C)cc2)c2nccnc2N1c1ccc(C(C)C)cc1.[Ir]. The van der Waals surface area contributed by atoms with Crippen LogP contribution < -0.4 is 19.6 Å². The molecule has 0 atom stereocenters. The molecule has 0 spiro atoms. The van der Waals surface area contributed by atoms with Crippen LogP contribution in [0.15, 0.2) is 116 Å². The van der Waals surface area contributed by atoms with Crippen LogP contribution in [0.2, 0.25) is 0 Å². The van der Waals surface area contributed by atoms with Gasteiger partial charge in [-0.3, -0.25) is 9.80 Å². The van der Waals surface area contributed by atoms with Crippen LogP contribution in [0.1, 0.15) is 123 Å². The molecule has 4 heterocycles. The second kappa shape index (κ2) is 20.9. The minimum absolute atomic E-state index is 0. The van der Waals surface area contributed by atoms with Gasteiger partial charge in [0.2, 0.25) is 6.35 Å². The second-order valence-electron chi connectivity index (χ2n) is 15.7. The van der Waals surface area contributed by atoms with Gasteiger partial charge in [0.15, 0.2) is 11.6 Å². The summed E-state index contributed by atoms with van der Waals surface area (Å²) in [5, 5.41) is 0. The van der Waals surface area contributed by atoms with E-state index in [1.54, 1.807) is 24.8 Å². The molecule has 6 aromatic rings. The Kier molecular flexibility index (Phi) is 16.5. The second-order valence-corrected chi connectivity index (χ2v) is 15.7. The van der Waals surface area contributed by atoms with Crippen LogP contribution in [0.3, 0.4) is 0 Å². The third kappa shape index (κ3) is 9.89. The summed E-state index contributed by atoms with van der Waals surface area (Å²) < 4.78 is 6.25. The van der Waals surface area contributed by atoms with Gasteiger partial charge >= 0.3 is 0 Å². The average molecular weight is 983 g/mol. The molecule has 2 aliphatic rings. The summed E-state index contributed by atoms with van der Waals surface area (Å²) >= 11 is 0. The van der Waals surface area contributed by atoms with Gasteiger partial charge in [0.05, 0.1) is 0 Å². The Morgan fingerprint density at radius 2 is 0.883 bits per heavy atom. The molecule has 0 N–H and O–H groups in total. The Bertz CT molecular complexity index is 2070. The Morgan fingerprint density at radius 3 is 1.25 bits per heavy atom. The van der Waals surface area contributed by atoms with Crippen LogP contribution in [0.25, 0.3) is 0 Å². The average Bonchev–Trinajstić information content (AvgIpc) is 3.77. The van der Waals surface area contributed by atoms with Crippen molar-refractivity contribution in [2.75, 3.05) is 26.2 Å². The van der Waals surface area contributed by atoms with Crippen molar-refractivity contribution in [3.8, 4) is 0 Å². The van der Waals surface area contributed by atoms with Crippen molar-refractivity contribution in [2.45, 2.75) is 107 Å². The minimum atomic E-state index is -0.345. The van der Waals surface area contributed by atoms with Crippen molar-refractivity contribution in [1.29, 1.82) is 0 Å². The number of rotatable bonds is 10. The molecule has 2 aromatic heterocycles. The van der Waals surface area contributed by atoms with Crippen LogP contribution in [-0.2, 0) is 24.8 Å². The number of hydrogen-bond acceptors (Lipinski definition) is 9. The topological polar surface area (TPSA) is 73.8 Å². The first-order chi connectivity index (χ1) is 27.5. The number of hydrogen-bond donors (Lipinski definition) is 0. The predicted octanol–water partition coefficient (Wildman–Crippen LogP) is 13.5. The van der Waals surface area contributed by atoms with Crippen LogP contribution >= 0.6 is 0 Å². The molecule has 8 rings (SSSR count).